The standard InChI is InChI=1S/C22H18BrFN2O3/c23-17-9-10-20(24)16(13-17)8-11-22(28)26(14-19-7-4-12-29-19)15-21(27)25-18-5-2-1-3-6-18/h1-13H,14-15H2,(H,25,27)/b11-8+. The molecule has 0 saturated carbocycles. The van der Waals surface area contributed by atoms with E-state index in [9.17, 15) is 14.0 Å². The van der Waals surface area contributed by atoms with Crippen molar-refractivity contribution in [1.82, 2.24) is 4.90 Å². The number of hydrogen-bond acceptors (Lipinski definition) is 3. The molecule has 1 N–H and O–H groups in total. The second-order valence-corrected chi connectivity index (χ2v) is 7.10. The monoisotopic (exact) mass is 456 g/mol. The van der Waals surface area contributed by atoms with Gasteiger partial charge in [-0.1, -0.05) is 34.1 Å². The number of anilines is 1. The smallest absolute Gasteiger partial charge is 0.247 e. The molecular formula is C22H18BrFN2O3. The van der Waals surface area contributed by atoms with Gasteiger partial charge in [-0.15, -0.1) is 0 Å². The molecule has 0 aliphatic heterocycles. The van der Waals surface area contributed by atoms with Gasteiger partial charge in [0.05, 0.1) is 12.8 Å². The number of benzene rings is 2. The van der Waals surface area contributed by atoms with E-state index in [0.717, 1.165) is 0 Å². The maximum atomic E-state index is 13.9. The Morgan fingerprint density at radius 2 is 1.90 bits per heavy atom. The Kier molecular flexibility index (Phi) is 6.97. The zero-order valence-corrected chi connectivity index (χ0v) is 16.9. The third-order valence-electron chi connectivity index (χ3n) is 3.99. The summed E-state index contributed by atoms with van der Waals surface area (Å²) in [5.41, 5.74) is 0.897. The second-order valence-electron chi connectivity index (χ2n) is 6.19. The van der Waals surface area contributed by atoms with Crippen molar-refractivity contribution in [3.05, 3.63) is 94.6 Å². The minimum Gasteiger partial charge on any atom is -0.467 e. The first-order chi connectivity index (χ1) is 14.0. The molecule has 0 aliphatic rings. The maximum Gasteiger partial charge on any atom is 0.247 e. The van der Waals surface area contributed by atoms with E-state index in [4.69, 9.17) is 4.42 Å². The SMILES string of the molecule is O=C(CN(Cc1ccco1)C(=O)/C=C/c1cc(Br)ccc1F)Nc1ccccc1. The number of nitrogens with zero attached hydrogens (tertiary/aromatic N) is 1. The van der Waals surface area contributed by atoms with Crippen LogP contribution < -0.4 is 5.32 Å². The molecule has 0 spiro atoms. The van der Waals surface area contributed by atoms with Crippen LogP contribution in [0.25, 0.3) is 6.08 Å². The molecular weight excluding hydrogens is 439 g/mol. The molecule has 0 atom stereocenters. The van der Waals surface area contributed by atoms with Crippen LogP contribution in [0.3, 0.4) is 0 Å². The first kappa shape index (κ1) is 20.5. The summed E-state index contributed by atoms with van der Waals surface area (Å²) in [4.78, 5) is 26.4. The van der Waals surface area contributed by atoms with Gasteiger partial charge in [-0.05, 0) is 48.5 Å². The lowest BCUT2D eigenvalue weighted by Crippen LogP contribution is -2.36. The van der Waals surface area contributed by atoms with Gasteiger partial charge < -0.3 is 14.6 Å². The fourth-order valence-electron chi connectivity index (χ4n) is 2.61. The Morgan fingerprint density at radius 3 is 2.62 bits per heavy atom. The molecule has 1 aromatic heterocycles. The van der Waals surface area contributed by atoms with Crippen LogP contribution in [0, 0.1) is 5.82 Å². The highest BCUT2D eigenvalue weighted by Gasteiger charge is 2.17. The van der Waals surface area contributed by atoms with E-state index in [1.807, 2.05) is 6.07 Å². The molecule has 7 heteroatoms. The van der Waals surface area contributed by atoms with Crippen LogP contribution in [0.4, 0.5) is 10.1 Å². The molecule has 5 nitrogen and oxygen atoms in total. The molecule has 0 fully saturated rings. The normalized spacial score (nSPS) is 10.8. The Bertz CT molecular complexity index is 1000. The Balaban J connectivity index is 1.73. The van der Waals surface area contributed by atoms with E-state index in [0.29, 0.717) is 15.9 Å². The molecule has 3 rings (SSSR count). The van der Waals surface area contributed by atoms with E-state index in [-0.39, 0.29) is 24.6 Å². The van der Waals surface area contributed by atoms with E-state index >= 15 is 0 Å². The summed E-state index contributed by atoms with van der Waals surface area (Å²) >= 11 is 3.28. The Morgan fingerprint density at radius 1 is 1.10 bits per heavy atom. The average molecular weight is 457 g/mol. The topological polar surface area (TPSA) is 62.6 Å². The van der Waals surface area contributed by atoms with Crippen LogP contribution >= 0.6 is 15.9 Å². The third-order valence-corrected chi connectivity index (χ3v) is 4.49. The number of halogens is 2. The Hall–Kier alpha value is -3.19. The summed E-state index contributed by atoms with van der Waals surface area (Å²) in [6.07, 6.45) is 4.12. The second kappa shape index (κ2) is 9.84. The third kappa shape index (κ3) is 6.15. The van der Waals surface area contributed by atoms with E-state index in [1.165, 1.54) is 29.4 Å². The number of amides is 2. The number of rotatable bonds is 7. The van der Waals surface area contributed by atoms with Crippen molar-refractivity contribution in [3.8, 4) is 0 Å². The molecule has 2 aromatic carbocycles. The van der Waals surface area contributed by atoms with Crippen molar-refractivity contribution in [2.75, 3.05) is 11.9 Å². The van der Waals surface area contributed by atoms with Crippen LogP contribution in [0.15, 0.2) is 81.9 Å². The fourth-order valence-corrected chi connectivity index (χ4v) is 2.99. The summed E-state index contributed by atoms with van der Waals surface area (Å²) < 4.78 is 19.9. The van der Waals surface area contributed by atoms with Gasteiger partial charge in [-0.3, -0.25) is 9.59 Å². The van der Waals surface area contributed by atoms with E-state index in [2.05, 4.69) is 21.2 Å². The van der Waals surface area contributed by atoms with Gasteiger partial charge in [-0.2, -0.15) is 0 Å². The van der Waals surface area contributed by atoms with Gasteiger partial charge in [0.2, 0.25) is 11.8 Å². The Labute approximate surface area is 176 Å². The number of para-hydroxylation sites is 1. The quantitative estimate of drug-likeness (QED) is 0.516. The first-order valence-corrected chi connectivity index (χ1v) is 9.60. The molecule has 0 unspecified atom stereocenters. The summed E-state index contributed by atoms with van der Waals surface area (Å²) in [7, 11) is 0. The van der Waals surface area contributed by atoms with Crippen LogP contribution in [0.1, 0.15) is 11.3 Å². The van der Waals surface area contributed by atoms with Crippen LogP contribution in [-0.2, 0) is 16.1 Å². The lowest BCUT2D eigenvalue weighted by molar-refractivity contribution is -0.131. The fraction of sp³-hybridized carbons (Fsp3) is 0.0909. The van der Waals surface area contributed by atoms with Crippen LogP contribution in [0.2, 0.25) is 0 Å². The predicted octanol–water partition coefficient (Wildman–Crippen LogP) is 4.86. The molecule has 2 amide bonds. The van der Waals surface area contributed by atoms with Crippen molar-refractivity contribution in [2.45, 2.75) is 6.54 Å². The van der Waals surface area contributed by atoms with Crippen molar-refractivity contribution in [2.24, 2.45) is 0 Å². The number of carbonyl (C=O) groups is 2. The predicted molar refractivity (Wildman–Crippen MR) is 112 cm³/mol. The van der Waals surface area contributed by atoms with E-state index < -0.39 is 11.7 Å². The largest absolute Gasteiger partial charge is 0.467 e. The molecule has 0 aliphatic carbocycles. The van der Waals surface area contributed by atoms with Crippen molar-refractivity contribution in [3.63, 3.8) is 0 Å². The minimum absolute atomic E-state index is 0.110. The van der Waals surface area contributed by atoms with Gasteiger partial charge in [0.15, 0.2) is 0 Å². The van der Waals surface area contributed by atoms with Gasteiger partial charge in [-0.25, -0.2) is 4.39 Å². The number of nitrogens with one attached hydrogen (secondary N) is 1. The lowest BCUT2D eigenvalue weighted by Gasteiger charge is -2.19. The highest BCUT2D eigenvalue weighted by Crippen LogP contribution is 2.17. The van der Waals surface area contributed by atoms with E-state index in [1.54, 1.807) is 48.5 Å². The highest BCUT2D eigenvalue weighted by molar-refractivity contribution is 9.10. The minimum atomic E-state index is -0.448. The van der Waals surface area contributed by atoms with Crippen molar-refractivity contribution in [1.29, 1.82) is 0 Å². The molecule has 0 saturated heterocycles. The maximum absolute atomic E-state index is 13.9. The zero-order valence-electron chi connectivity index (χ0n) is 15.3. The molecule has 3 aromatic rings. The summed E-state index contributed by atoms with van der Waals surface area (Å²) in [5.74, 6) is -0.702. The molecule has 0 bridgehead atoms. The average Bonchev–Trinajstić information content (AvgIpc) is 3.22. The van der Waals surface area contributed by atoms with Gasteiger partial charge >= 0.3 is 0 Å². The van der Waals surface area contributed by atoms with Crippen molar-refractivity contribution < 1.29 is 18.4 Å². The van der Waals surface area contributed by atoms with Gasteiger partial charge in [0, 0.05) is 21.8 Å². The zero-order chi connectivity index (χ0) is 20.6. The number of carbonyl (C=O) groups excluding carboxylic acids is 2. The summed E-state index contributed by atoms with van der Waals surface area (Å²) in [5, 5.41) is 2.74. The molecule has 1 heterocycles. The number of hydrogen-bond donors (Lipinski definition) is 1. The highest BCUT2D eigenvalue weighted by atomic mass is 79.9. The van der Waals surface area contributed by atoms with Crippen LogP contribution in [-0.4, -0.2) is 23.3 Å². The van der Waals surface area contributed by atoms with Crippen LogP contribution in [0.5, 0.6) is 0 Å². The van der Waals surface area contributed by atoms with Gasteiger partial charge in [0.1, 0.15) is 18.1 Å². The molecule has 29 heavy (non-hydrogen) atoms. The lowest BCUT2D eigenvalue weighted by atomic mass is 10.2. The summed E-state index contributed by atoms with van der Waals surface area (Å²) in [6.45, 7) is -0.0704. The van der Waals surface area contributed by atoms with Crippen molar-refractivity contribution >= 4 is 39.5 Å². The number of furan rings is 1. The summed E-state index contributed by atoms with van der Waals surface area (Å²) in [6, 6.07) is 16.8. The molecule has 0 radical (unpaired) electrons. The van der Waals surface area contributed by atoms with Gasteiger partial charge in [0.25, 0.3) is 0 Å². The molecule has 148 valence electrons. The first-order valence-electron chi connectivity index (χ1n) is 8.80.